The van der Waals surface area contributed by atoms with Gasteiger partial charge in [-0.15, -0.1) is 0 Å². The molecule has 1 aromatic heterocycles. The van der Waals surface area contributed by atoms with Gasteiger partial charge in [0, 0.05) is 58.3 Å². The van der Waals surface area contributed by atoms with Crippen LogP contribution in [0.1, 0.15) is 60.2 Å². The first-order valence-electron chi connectivity index (χ1n) is 12.8. The Kier molecular flexibility index (Phi) is 9.98. The molecule has 0 saturated carbocycles. The van der Waals surface area contributed by atoms with Gasteiger partial charge in [0.25, 0.3) is 11.8 Å². The average molecular weight is 501 g/mol. The minimum absolute atomic E-state index is 0.0966. The lowest BCUT2D eigenvalue weighted by Crippen LogP contribution is -2.38. The Balaban J connectivity index is 1.60. The first-order chi connectivity index (χ1) is 17.4. The topological polar surface area (TPSA) is 90.8 Å². The van der Waals surface area contributed by atoms with E-state index in [1.54, 1.807) is 32.7 Å². The minimum atomic E-state index is -0.320. The van der Waals surface area contributed by atoms with Crippen molar-refractivity contribution in [2.24, 2.45) is 0 Å². The van der Waals surface area contributed by atoms with Crippen molar-refractivity contribution in [3.05, 3.63) is 53.1 Å². The molecule has 0 fully saturated rings. The molecule has 0 spiro atoms. The first kappa shape index (κ1) is 27.3. The summed E-state index contributed by atoms with van der Waals surface area (Å²) in [5, 5.41) is 7.33. The highest BCUT2D eigenvalue weighted by molar-refractivity contribution is 5.98. The van der Waals surface area contributed by atoms with Crippen LogP contribution in [0, 0.1) is 5.82 Å². The maximum Gasteiger partial charge on any atom is 0.274 e. The molecule has 1 aliphatic rings. The smallest absolute Gasteiger partial charge is 0.274 e. The zero-order valence-corrected chi connectivity index (χ0v) is 21.5. The molecule has 0 saturated heterocycles. The molecule has 2 heterocycles. The quantitative estimate of drug-likeness (QED) is 0.483. The van der Waals surface area contributed by atoms with E-state index in [0.717, 1.165) is 25.2 Å². The van der Waals surface area contributed by atoms with E-state index in [1.165, 1.54) is 12.1 Å². The Morgan fingerprint density at radius 3 is 2.44 bits per heavy atom. The van der Waals surface area contributed by atoms with Crippen molar-refractivity contribution in [1.82, 2.24) is 29.8 Å². The number of carbonyl (C=O) groups is 3. The molecule has 0 radical (unpaired) electrons. The summed E-state index contributed by atoms with van der Waals surface area (Å²) in [6.07, 6.45) is 0.899. The zero-order chi connectivity index (χ0) is 26.1. The average Bonchev–Trinajstić information content (AvgIpc) is 3.25. The summed E-state index contributed by atoms with van der Waals surface area (Å²) in [6.45, 7) is 11.4. The van der Waals surface area contributed by atoms with Gasteiger partial charge < -0.3 is 20.0 Å². The molecule has 10 heteroatoms. The van der Waals surface area contributed by atoms with Crippen molar-refractivity contribution in [1.29, 1.82) is 0 Å². The SMILES string of the molecule is CCN(CC)CCNC(=O)CCN(CC)C(=O)c1cc2n(n1)CCCN(Cc1ccc(F)cc1)C2=O. The van der Waals surface area contributed by atoms with Crippen LogP contribution in [0.4, 0.5) is 4.39 Å². The number of aromatic nitrogens is 2. The lowest BCUT2D eigenvalue weighted by molar-refractivity contribution is -0.121. The molecule has 1 aliphatic heterocycles. The monoisotopic (exact) mass is 500 g/mol. The third kappa shape index (κ3) is 7.13. The van der Waals surface area contributed by atoms with Gasteiger partial charge >= 0.3 is 0 Å². The van der Waals surface area contributed by atoms with E-state index in [4.69, 9.17) is 0 Å². The van der Waals surface area contributed by atoms with Gasteiger partial charge in [-0.3, -0.25) is 19.1 Å². The normalized spacial score (nSPS) is 13.5. The lowest BCUT2D eigenvalue weighted by atomic mass is 10.2. The Morgan fingerprint density at radius 1 is 1.06 bits per heavy atom. The second-order valence-corrected chi connectivity index (χ2v) is 8.86. The second kappa shape index (κ2) is 13.2. The third-order valence-corrected chi connectivity index (χ3v) is 6.51. The van der Waals surface area contributed by atoms with E-state index >= 15 is 0 Å². The van der Waals surface area contributed by atoms with Gasteiger partial charge in [-0.05, 0) is 44.1 Å². The molecule has 36 heavy (non-hydrogen) atoms. The number of aryl methyl sites for hydroxylation is 1. The van der Waals surface area contributed by atoms with Gasteiger partial charge in [-0.1, -0.05) is 26.0 Å². The molecule has 0 atom stereocenters. The van der Waals surface area contributed by atoms with Crippen molar-refractivity contribution < 1.29 is 18.8 Å². The van der Waals surface area contributed by atoms with Gasteiger partial charge in [0.15, 0.2) is 5.69 Å². The van der Waals surface area contributed by atoms with E-state index in [1.807, 2.05) is 6.92 Å². The van der Waals surface area contributed by atoms with Gasteiger partial charge in [0.2, 0.25) is 5.91 Å². The van der Waals surface area contributed by atoms with Crippen molar-refractivity contribution in [3.63, 3.8) is 0 Å². The number of hydrogen-bond donors (Lipinski definition) is 1. The maximum absolute atomic E-state index is 13.2. The number of nitrogens with zero attached hydrogens (tertiary/aromatic N) is 5. The van der Waals surface area contributed by atoms with Gasteiger partial charge in [0.05, 0.1) is 0 Å². The summed E-state index contributed by atoms with van der Waals surface area (Å²) >= 11 is 0. The van der Waals surface area contributed by atoms with E-state index in [2.05, 4.69) is 29.2 Å². The van der Waals surface area contributed by atoms with Crippen molar-refractivity contribution in [2.45, 2.75) is 46.7 Å². The summed E-state index contributed by atoms with van der Waals surface area (Å²) in [6, 6.07) is 7.63. The van der Waals surface area contributed by atoms with Gasteiger partial charge in [0.1, 0.15) is 11.5 Å². The summed E-state index contributed by atoms with van der Waals surface area (Å²) < 4.78 is 14.8. The van der Waals surface area contributed by atoms with Gasteiger partial charge in [-0.25, -0.2) is 4.39 Å². The van der Waals surface area contributed by atoms with Crippen LogP contribution in [0.25, 0.3) is 0 Å². The molecule has 1 N–H and O–H groups in total. The fourth-order valence-electron chi connectivity index (χ4n) is 4.28. The zero-order valence-electron chi connectivity index (χ0n) is 21.5. The third-order valence-electron chi connectivity index (χ3n) is 6.51. The number of hydrogen-bond acceptors (Lipinski definition) is 5. The summed E-state index contributed by atoms with van der Waals surface area (Å²) in [4.78, 5) is 44.1. The number of nitrogens with one attached hydrogen (secondary N) is 1. The minimum Gasteiger partial charge on any atom is -0.355 e. The fraction of sp³-hybridized carbons (Fsp3) is 0.538. The molecule has 3 rings (SSSR count). The molecule has 0 bridgehead atoms. The summed E-state index contributed by atoms with van der Waals surface area (Å²) in [7, 11) is 0. The lowest BCUT2D eigenvalue weighted by Gasteiger charge is -2.21. The molecule has 0 aliphatic carbocycles. The Labute approximate surface area is 212 Å². The number of amides is 3. The van der Waals surface area contributed by atoms with Crippen LogP contribution in [0.15, 0.2) is 30.3 Å². The maximum atomic E-state index is 13.2. The van der Waals surface area contributed by atoms with Crippen LogP contribution in [-0.2, 0) is 17.9 Å². The summed E-state index contributed by atoms with van der Waals surface area (Å²) in [5.74, 6) is -0.925. The molecular formula is C26H37FN6O3. The van der Waals surface area contributed by atoms with E-state index in [9.17, 15) is 18.8 Å². The largest absolute Gasteiger partial charge is 0.355 e. The summed E-state index contributed by atoms with van der Waals surface area (Å²) in [5.41, 5.74) is 1.40. The van der Waals surface area contributed by atoms with Crippen LogP contribution < -0.4 is 5.32 Å². The fourth-order valence-corrected chi connectivity index (χ4v) is 4.28. The van der Waals surface area contributed by atoms with Crippen LogP contribution in [0.2, 0.25) is 0 Å². The molecule has 9 nitrogen and oxygen atoms in total. The molecule has 1 aromatic carbocycles. The molecular weight excluding hydrogens is 463 g/mol. The Bertz CT molecular complexity index is 1030. The van der Waals surface area contributed by atoms with Crippen LogP contribution in [-0.4, -0.2) is 88.0 Å². The van der Waals surface area contributed by atoms with E-state index < -0.39 is 0 Å². The highest BCUT2D eigenvalue weighted by Gasteiger charge is 2.28. The molecule has 2 aromatic rings. The Hall–Kier alpha value is -3.27. The standard InChI is InChI=1S/C26H37FN6O3/c1-4-30(5-2)17-13-28-24(34)12-16-31(6-3)25(35)22-18-23-26(36)32(14-7-15-33(23)29-22)19-20-8-10-21(27)11-9-20/h8-11,18H,4-7,12-17,19H2,1-3H3,(H,28,34). The van der Waals surface area contributed by atoms with E-state index in [0.29, 0.717) is 44.8 Å². The molecule has 0 unspecified atom stereocenters. The number of likely N-dealkylation sites (N-methyl/N-ethyl adjacent to an activating group) is 1. The number of carbonyl (C=O) groups excluding carboxylic acids is 3. The molecule has 3 amide bonds. The predicted molar refractivity (Wildman–Crippen MR) is 135 cm³/mol. The number of benzene rings is 1. The second-order valence-electron chi connectivity index (χ2n) is 8.86. The van der Waals surface area contributed by atoms with Crippen molar-refractivity contribution >= 4 is 17.7 Å². The van der Waals surface area contributed by atoms with Crippen molar-refractivity contribution in [2.75, 3.05) is 45.8 Å². The van der Waals surface area contributed by atoms with Gasteiger partial charge in [-0.2, -0.15) is 5.10 Å². The predicted octanol–water partition coefficient (Wildman–Crippen LogP) is 2.38. The number of fused-ring (bicyclic) bond motifs is 1. The number of rotatable bonds is 12. The van der Waals surface area contributed by atoms with Crippen LogP contribution in [0.5, 0.6) is 0 Å². The first-order valence-corrected chi connectivity index (χ1v) is 12.8. The molecule has 196 valence electrons. The Morgan fingerprint density at radius 2 is 1.78 bits per heavy atom. The van der Waals surface area contributed by atoms with Crippen LogP contribution in [0.3, 0.4) is 0 Å². The highest BCUT2D eigenvalue weighted by atomic mass is 19.1. The highest BCUT2D eigenvalue weighted by Crippen LogP contribution is 2.18. The van der Waals surface area contributed by atoms with Crippen molar-refractivity contribution in [3.8, 4) is 0 Å². The van der Waals surface area contributed by atoms with Crippen LogP contribution >= 0.6 is 0 Å². The number of halogens is 1. The van der Waals surface area contributed by atoms with E-state index in [-0.39, 0.29) is 42.2 Å².